The van der Waals surface area contributed by atoms with Crippen LogP contribution >= 0.6 is 0 Å². The molecule has 0 aliphatic heterocycles. The van der Waals surface area contributed by atoms with Gasteiger partial charge in [-0.3, -0.25) is 0 Å². The van der Waals surface area contributed by atoms with E-state index in [1.807, 2.05) is 70.1 Å². The predicted octanol–water partition coefficient (Wildman–Crippen LogP) is -4.91. The summed E-state index contributed by atoms with van der Waals surface area (Å²) >= 11 is 0. The van der Waals surface area contributed by atoms with Gasteiger partial charge in [-0.2, -0.15) is 9.13 Å². The average molecular weight is 429 g/mol. The molecule has 0 aromatic carbocycles. The lowest BCUT2D eigenvalue weighted by Gasteiger charge is -2.01. The quantitative estimate of drug-likeness (QED) is 0.0990. The average Bonchev–Trinajstić information content (AvgIpc) is 2.67. The van der Waals surface area contributed by atoms with Crippen molar-refractivity contribution < 1.29 is 53.8 Å². The van der Waals surface area contributed by atoms with Crippen LogP contribution < -0.4 is 33.9 Å². The number of ether oxygens (including phenoxy) is 2. The van der Waals surface area contributed by atoms with Crippen LogP contribution in [0.2, 0.25) is 0 Å². The van der Waals surface area contributed by atoms with Crippen molar-refractivity contribution in [2.45, 2.75) is 13.5 Å². The molecule has 28 heavy (non-hydrogen) atoms. The van der Waals surface area contributed by atoms with Crippen LogP contribution in [0.15, 0.2) is 71.3 Å². The normalized spacial score (nSPS) is 11.0. The fraction of sp³-hybridized carbons (Fsp3) is 0.222. The molecule has 0 unspecified atom stereocenters. The first kappa shape index (κ1) is 25.5. The van der Waals surface area contributed by atoms with Crippen LogP contribution in [0.4, 0.5) is 0 Å². The number of rotatable bonds is 10. The first-order valence-corrected chi connectivity index (χ1v) is 7.97. The van der Waals surface area contributed by atoms with Gasteiger partial charge in [0.2, 0.25) is 11.4 Å². The van der Waals surface area contributed by atoms with Crippen LogP contribution in [0.3, 0.4) is 0 Å². The van der Waals surface area contributed by atoms with Crippen molar-refractivity contribution in [1.29, 1.82) is 0 Å². The minimum absolute atomic E-state index is 0. The smallest absolute Gasteiger partial charge is 0.253 e. The summed E-state index contributed by atoms with van der Waals surface area (Å²) in [5, 5.41) is 23.3. The Balaban J connectivity index is 0.00000364. The topological polar surface area (TPSA) is 91.4 Å². The number of oxime groups is 2. The van der Waals surface area contributed by atoms with Gasteiger partial charge in [0, 0.05) is 24.3 Å². The minimum atomic E-state index is 0. The van der Waals surface area contributed by atoms with Crippen LogP contribution in [-0.4, -0.2) is 36.1 Å². The summed E-state index contributed by atoms with van der Waals surface area (Å²) in [6, 6.07) is 11.1. The van der Waals surface area contributed by atoms with Gasteiger partial charge < -0.3 is 44.7 Å². The highest BCUT2D eigenvalue weighted by Crippen LogP contribution is 1.90. The molecule has 152 valence electrons. The molecule has 0 saturated carbocycles. The summed E-state index contributed by atoms with van der Waals surface area (Å²) < 4.78 is 14.7. The van der Waals surface area contributed by atoms with Crippen molar-refractivity contribution in [3.05, 3.63) is 72.3 Å². The maximum Gasteiger partial charge on any atom is 0.253 e. The van der Waals surface area contributed by atoms with Crippen LogP contribution in [0.1, 0.15) is 11.4 Å². The van der Waals surface area contributed by atoms with Gasteiger partial charge >= 0.3 is 0 Å². The highest BCUT2D eigenvalue weighted by atomic mass is 35.5. The van der Waals surface area contributed by atoms with E-state index in [0.717, 1.165) is 11.4 Å². The molecule has 0 amide bonds. The van der Waals surface area contributed by atoms with Gasteiger partial charge in [0.15, 0.2) is 12.4 Å². The van der Waals surface area contributed by atoms with Crippen molar-refractivity contribution >= 4 is 12.4 Å². The Labute approximate surface area is 175 Å². The van der Waals surface area contributed by atoms with E-state index in [1.165, 1.54) is 12.4 Å². The number of halogens is 2. The molecule has 2 aromatic rings. The molecule has 8 nitrogen and oxygen atoms in total. The lowest BCUT2D eigenvalue weighted by Crippen LogP contribution is -3.00. The second kappa shape index (κ2) is 15.5. The van der Waals surface area contributed by atoms with Gasteiger partial charge in [0.1, 0.15) is 12.4 Å². The molecule has 0 atom stereocenters. The zero-order valence-electron chi connectivity index (χ0n) is 15.0. The zero-order chi connectivity index (χ0) is 18.5. The fourth-order valence-electron chi connectivity index (χ4n) is 2.14. The number of nitrogens with zero attached hydrogens (tertiary/aromatic N) is 4. The maximum atomic E-state index is 8.63. The van der Waals surface area contributed by atoms with E-state index in [4.69, 9.17) is 19.9 Å². The third-order valence-electron chi connectivity index (χ3n) is 3.39. The maximum absolute atomic E-state index is 8.63. The zero-order valence-corrected chi connectivity index (χ0v) is 16.5. The number of hydrogen-bond acceptors (Lipinski definition) is 6. The van der Waals surface area contributed by atoms with E-state index in [2.05, 4.69) is 10.3 Å². The Bertz CT molecular complexity index is 709. The van der Waals surface area contributed by atoms with Gasteiger partial charge in [0.25, 0.3) is 13.5 Å². The second-order valence-corrected chi connectivity index (χ2v) is 5.15. The highest BCUT2D eigenvalue weighted by molar-refractivity contribution is 5.74. The monoisotopic (exact) mass is 428 g/mol. The van der Waals surface area contributed by atoms with E-state index >= 15 is 0 Å². The SMILES string of the molecule is O/N=C/c1cccc[n+]1COC/C=C\COC[n+]1ccccc1/C=N/O.[Cl-].[Cl-]. The van der Waals surface area contributed by atoms with Crippen molar-refractivity contribution in [2.24, 2.45) is 10.3 Å². The number of pyridine rings is 2. The van der Waals surface area contributed by atoms with Crippen LogP contribution in [0, 0.1) is 0 Å². The summed E-state index contributed by atoms with van der Waals surface area (Å²) in [5.74, 6) is 0. The lowest BCUT2D eigenvalue weighted by molar-refractivity contribution is -0.733. The Morgan fingerprint density at radius 2 is 1.18 bits per heavy atom. The van der Waals surface area contributed by atoms with Gasteiger partial charge in [0.05, 0.1) is 13.2 Å². The summed E-state index contributed by atoms with van der Waals surface area (Å²) in [6.07, 6.45) is 10.1. The molecule has 0 saturated heterocycles. The molecular formula is C18H22Cl2N4O4. The number of hydrogen-bond donors (Lipinski definition) is 2. The molecular weight excluding hydrogens is 407 g/mol. The Hall–Kier alpha value is -2.52. The summed E-state index contributed by atoms with van der Waals surface area (Å²) in [4.78, 5) is 0. The molecule has 0 fully saturated rings. The van der Waals surface area contributed by atoms with Crippen LogP contribution in [-0.2, 0) is 22.9 Å². The second-order valence-electron chi connectivity index (χ2n) is 5.15. The Morgan fingerprint density at radius 3 is 1.57 bits per heavy atom. The molecule has 0 aliphatic carbocycles. The fourth-order valence-corrected chi connectivity index (χ4v) is 2.14. The van der Waals surface area contributed by atoms with E-state index in [9.17, 15) is 0 Å². The summed E-state index contributed by atoms with van der Waals surface area (Å²) in [7, 11) is 0. The van der Waals surface area contributed by atoms with Gasteiger partial charge in [-0.05, 0) is 12.1 Å². The third kappa shape index (κ3) is 8.92. The minimum Gasteiger partial charge on any atom is -1.00 e. The van der Waals surface area contributed by atoms with E-state index < -0.39 is 0 Å². The third-order valence-corrected chi connectivity index (χ3v) is 3.39. The summed E-state index contributed by atoms with van der Waals surface area (Å²) in [6.45, 7) is 1.55. The molecule has 2 N–H and O–H groups in total. The number of aromatic nitrogens is 2. The van der Waals surface area contributed by atoms with Gasteiger partial charge in [-0.25, -0.2) is 0 Å². The van der Waals surface area contributed by atoms with Gasteiger partial charge in [-0.15, -0.1) is 0 Å². The summed E-state index contributed by atoms with van der Waals surface area (Å²) in [5.41, 5.74) is 1.48. The van der Waals surface area contributed by atoms with Crippen molar-refractivity contribution in [3.8, 4) is 0 Å². The van der Waals surface area contributed by atoms with Crippen molar-refractivity contribution in [1.82, 2.24) is 0 Å². The molecule has 10 heteroatoms. The van der Waals surface area contributed by atoms with Gasteiger partial charge in [-0.1, -0.05) is 22.5 Å². The molecule has 2 aromatic heterocycles. The first-order valence-electron chi connectivity index (χ1n) is 7.97. The molecule has 0 bridgehead atoms. The molecule has 0 spiro atoms. The lowest BCUT2D eigenvalue weighted by atomic mass is 10.3. The predicted molar refractivity (Wildman–Crippen MR) is 93.1 cm³/mol. The highest BCUT2D eigenvalue weighted by Gasteiger charge is 2.07. The molecule has 0 aliphatic rings. The van der Waals surface area contributed by atoms with E-state index in [-0.39, 0.29) is 24.8 Å². The molecule has 2 rings (SSSR count). The van der Waals surface area contributed by atoms with Crippen LogP contribution in [0.5, 0.6) is 0 Å². The van der Waals surface area contributed by atoms with E-state index in [1.54, 1.807) is 0 Å². The molecule has 0 radical (unpaired) electrons. The molecule has 2 heterocycles. The van der Waals surface area contributed by atoms with Crippen LogP contribution in [0.25, 0.3) is 0 Å². The van der Waals surface area contributed by atoms with Crippen molar-refractivity contribution in [3.63, 3.8) is 0 Å². The van der Waals surface area contributed by atoms with E-state index in [0.29, 0.717) is 26.7 Å². The van der Waals surface area contributed by atoms with Crippen molar-refractivity contribution in [2.75, 3.05) is 13.2 Å². The Kier molecular flexibility index (Phi) is 14.1. The Morgan fingerprint density at radius 1 is 0.750 bits per heavy atom. The standard InChI is InChI=1S/C18H20N4O4.2ClH/c23-19-13-17-7-1-3-9-21(17)15-25-11-5-6-12-26-16-22-10-4-2-8-18(22)14-20-24;;/h1-10,13-14H,11-12,15-16H2;2*1H/b6-5-;;. The largest absolute Gasteiger partial charge is 1.00 e. The first-order chi connectivity index (χ1) is 12.8.